The zero-order valence-corrected chi connectivity index (χ0v) is 13.0. The number of nitrogens with zero attached hydrogens (tertiary/aromatic N) is 1. The number of benzene rings is 1. The molecule has 1 amide bonds. The van der Waals surface area contributed by atoms with Crippen LogP contribution < -0.4 is 10.6 Å². The van der Waals surface area contributed by atoms with E-state index in [1.165, 1.54) is 12.1 Å². The molecule has 0 aliphatic carbocycles. The second-order valence-electron chi connectivity index (χ2n) is 5.24. The molecule has 1 aromatic carbocycles. The van der Waals surface area contributed by atoms with Crippen molar-refractivity contribution >= 4 is 17.3 Å². The Labute approximate surface area is 125 Å². The molecule has 2 N–H and O–H groups in total. The highest BCUT2D eigenvalue weighted by atomic mass is 16.6. The van der Waals surface area contributed by atoms with Gasteiger partial charge >= 0.3 is 0 Å². The fraction of sp³-hybridized carbons (Fsp3) is 0.533. The third-order valence-electron chi connectivity index (χ3n) is 3.80. The molecular weight excluding hydrogens is 270 g/mol. The average Bonchev–Trinajstić information content (AvgIpc) is 2.47. The second-order valence-corrected chi connectivity index (χ2v) is 5.24. The quantitative estimate of drug-likeness (QED) is 0.596. The lowest BCUT2D eigenvalue weighted by Gasteiger charge is -2.28. The summed E-state index contributed by atoms with van der Waals surface area (Å²) in [6, 6.07) is 4.29. The summed E-state index contributed by atoms with van der Waals surface area (Å²) in [4.78, 5) is 22.9. The number of nitrogens with one attached hydrogen (secondary N) is 2. The molecule has 6 nitrogen and oxygen atoms in total. The molecule has 0 spiro atoms. The smallest absolute Gasteiger partial charge is 0.270 e. The topological polar surface area (TPSA) is 84.3 Å². The number of rotatable bonds is 7. The first-order valence-electron chi connectivity index (χ1n) is 7.21. The van der Waals surface area contributed by atoms with Gasteiger partial charge in [-0.05, 0) is 32.8 Å². The van der Waals surface area contributed by atoms with E-state index in [1.807, 2.05) is 27.7 Å². The fourth-order valence-electron chi connectivity index (χ4n) is 1.95. The number of carbonyl (C=O) groups is 1. The number of nitro benzene ring substituents is 1. The van der Waals surface area contributed by atoms with Crippen molar-refractivity contribution in [2.24, 2.45) is 0 Å². The van der Waals surface area contributed by atoms with E-state index in [2.05, 4.69) is 10.6 Å². The number of carbonyl (C=O) groups excluding carboxylic acids is 1. The molecule has 21 heavy (non-hydrogen) atoms. The van der Waals surface area contributed by atoms with Crippen LogP contribution >= 0.6 is 0 Å². The van der Waals surface area contributed by atoms with Gasteiger partial charge in [-0.3, -0.25) is 14.9 Å². The molecule has 0 aliphatic rings. The third kappa shape index (κ3) is 4.18. The van der Waals surface area contributed by atoms with Crippen molar-refractivity contribution in [2.45, 2.75) is 46.1 Å². The van der Waals surface area contributed by atoms with Crippen molar-refractivity contribution in [3.8, 4) is 0 Å². The Hall–Kier alpha value is -2.11. The first kappa shape index (κ1) is 16.9. The molecule has 6 heteroatoms. The third-order valence-corrected chi connectivity index (χ3v) is 3.80. The molecule has 116 valence electrons. The van der Waals surface area contributed by atoms with Crippen LogP contribution in [0.2, 0.25) is 0 Å². The van der Waals surface area contributed by atoms with E-state index in [9.17, 15) is 14.9 Å². The summed E-state index contributed by atoms with van der Waals surface area (Å²) in [5.74, 6) is -0.291. The minimum atomic E-state index is -0.495. The Morgan fingerprint density at radius 2 is 1.90 bits per heavy atom. The standard InChI is InChI=1S/C15H23N3O3/c1-5-15(4,6-2)17-14(19)12-10-11(18(20)21)8-9-13(12)16-7-3/h8-10,16H,5-7H2,1-4H3,(H,17,19). The van der Waals surface area contributed by atoms with Crippen molar-refractivity contribution < 1.29 is 9.72 Å². The lowest BCUT2D eigenvalue weighted by Crippen LogP contribution is -2.45. The molecular formula is C15H23N3O3. The van der Waals surface area contributed by atoms with Gasteiger partial charge in [0.25, 0.3) is 11.6 Å². The molecule has 0 unspecified atom stereocenters. The van der Waals surface area contributed by atoms with Crippen LogP contribution in [0.4, 0.5) is 11.4 Å². The number of hydrogen-bond acceptors (Lipinski definition) is 4. The summed E-state index contributed by atoms with van der Waals surface area (Å²) < 4.78 is 0. The van der Waals surface area contributed by atoms with Crippen molar-refractivity contribution in [3.63, 3.8) is 0 Å². The second kappa shape index (κ2) is 7.06. The summed E-state index contributed by atoms with van der Waals surface area (Å²) in [7, 11) is 0. The lowest BCUT2D eigenvalue weighted by atomic mass is 9.95. The molecule has 1 aromatic rings. The van der Waals surface area contributed by atoms with Crippen LogP contribution in [0.15, 0.2) is 18.2 Å². The molecule has 0 fully saturated rings. The molecule has 0 heterocycles. The minimum Gasteiger partial charge on any atom is -0.385 e. The predicted molar refractivity (Wildman–Crippen MR) is 83.7 cm³/mol. The van der Waals surface area contributed by atoms with Gasteiger partial charge in [-0.1, -0.05) is 13.8 Å². The Morgan fingerprint density at radius 1 is 1.29 bits per heavy atom. The number of hydrogen-bond donors (Lipinski definition) is 2. The molecule has 0 radical (unpaired) electrons. The zero-order chi connectivity index (χ0) is 16.0. The predicted octanol–water partition coefficient (Wildman–Crippen LogP) is 3.34. The number of non-ortho nitro benzene ring substituents is 1. The van der Waals surface area contributed by atoms with E-state index in [0.717, 1.165) is 12.8 Å². The maximum atomic E-state index is 12.5. The zero-order valence-electron chi connectivity index (χ0n) is 13.0. The molecule has 0 aliphatic heterocycles. The van der Waals surface area contributed by atoms with E-state index >= 15 is 0 Å². The maximum absolute atomic E-state index is 12.5. The Kier molecular flexibility index (Phi) is 5.69. The normalized spacial score (nSPS) is 11.0. The Bertz CT molecular complexity index is 525. The SMILES string of the molecule is CCNc1ccc([N+](=O)[O-])cc1C(=O)NC(C)(CC)CC. The number of nitro groups is 1. The van der Waals surface area contributed by atoms with Gasteiger partial charge in [-0.25, -0.2) is 0 Å². The highest BCUT2D eigenvalue weighted by Gasteiger charge is 2.25. The summed E-state index contributed by atoms with van der Waals surface area (Å²) in [5, 5.41) is 16.9. The maximum Gasteiger partial charge on any atom is 0.270 e. The first-order chi connectivity index (χ1) is 9.86. The molecule has 0 saturated heterocycles. The van der Waals surface area contributed by atoms with E-state index < -0.39 is 4.92 Å². The van der Waals surface area contributed by atoms with E-state index in [-0.39, 0.29) is 17.1 Å². The van der Waals surface area contributed by atoms with Crippen molar-refractivity contribution in [1.29, 1.82) is 0 Å². The van der Waals surface area contributed by atoms with Crippen LogP contribution in [0.25, 0.3) is 0 Å². The molecule has 0 bridgehead atoms. The lowest BCUT2D eigenvalue weighted by molar-refractivity contribution is -0.384. The highest BCUT2D eigenvalue weighted by Crippen LogP contribution is 2.23. The van der Waals surface area contributed by atoms with Gasteiger partial charge in [0, 0.05) is 29.9 Å². The van der Waals surface area contributed by atoms with Gasteiger partial charge in [0.1, 0.15) is 0 Å². The largest absolute Gasteiger partial charge is 0.385 e. The highest BCUT2D eigenvalue weighted by molar-refractivity contribution is 6.00. The van der Waals surface area contributed by atoms with Gasteiger partial charge in [-0.15, -0.1) is 0 Å². The van der Waals surface area contributed by atoms with Gasteiger partial charge < -0.3 is 10.6 Å². The Morgan fingerprint density at radius 3 is 2.38 bits per heavy atom. The van der Waals surface area contributed by atoms with Gasteiger partial charge in [-0.2, -0.15) is 0 Å². The molecule has 1 rings (SSSR count). The average molecular weight is 293 g/mol. The number of amides is 1. The molecule has 0 aromatic heterocycles. The summed E-state index contributed by atoms with van der Waals surface area (Å²) in [6.45, 7) is 8.52. The van der Waals surface area contributed by atoms with Crippen molar-refractivity contribution in [1.82, 2.24) is 5.32 Å². The van der Waals surface area contributed by atoms with Gasteiger partial charge in [0.2, 0.25) is 0 Å². The van der Waals surface area contributed by atoms with Crippen molar-refractivity contribution in [3.05, 3.63) is 33.9 Å². The number of anilines is 1. The van der Waals surface area contributed by atoms with Gasteiger partial charge in [0.15, 0.2) is 0 Å². The first-order valence-corrected chi connectivity index (χ1v) is 7.21. The minimum absolute atomic E-state index is 0.0866. The van der Waals surface area contributed by atoms with Crippen LogP contribution in [0.3, 0.4) is 0 Å². The van der Waals surface area contributed by atoms with Crippen molar-refractivity contribution in [2.75, 3.05) is 11.9 Å². The fourth-order valence-corrected chi connectivity index (χ4v) is 1.95. The monoisotopic (exact) mass is 293 g/mol. The van der Waals surface area contributed by atoms with E-state index in [0.29, 0.717) is 17.8 Å². The summed E-state index contributed by atoms with van der Waals surface area (Å²) >= 11 is 0. The summed E-state index contributed by atoms with van der Waals surface area (Å²) in [6.07, 6.45) is 1.58. The summed E-state index contributed by atoms with van der Waals surface area (Å²) in [5.41, 5.74) is 0.511. The van der Waals surface area contributed by atoms with E-state index in [4.69, 9.17) is 0 Å². The van der Waals surface area contributed by atoms with E-state index in [1.54, 1.807) is 6.07 Å². The van der Waals surface area contributed by atoms with Crippen LogP contribution in [0.1, 0.15) is 50.9 Å². The van der Waals surface area contributed by atoms with Crippen LogP contribution in [0.5, 0.6) is 0 Å². The van der Waals surface area contributed by atoms with Crippen LogP contribution in [-0.2, 0) is 0 Å². The molecule has 0 saturated carbocycles. The molecule has 0 atom stereocenters. The Balaban J connectivity index is 3.15. The van der Waals surface area contributed by atoms with Gasteiger partial charge in [0.05, 0.1) is 10.5 Å². The van der Waals surface area contributed by atoms with Crippen LogP contribution in [0, 0.1) is 10.1 Å². The van der Waals surface area contributed by atoms with Crippen LogP contribution in [-0.4, -0.2) is 22.9 Å².